The van der Waals surface area contributed by atoms with Crippen LogP contribution in [0.25, 0.3) is 0 Å². The molecule has 2 aromatic rings. The molecule has 0 saturated heterocycles. The van der Waals surface area contributed by atoms with Crippen molar-refractivity contribution in [1.29, 1.82) is 5.26 Å². The summed E-state index contributed by atoms with van der Waals surface area (Å²) < 4.78 is 12.0. The summed E-state index contributed by atoms with van der Waals surface area (Å²) in [5.41, 5.74) is 1.01. The first kappa shape index (κ1) is 15.8. The first-order valence-corrected chi connectivity index (χ1v) is 9.06. The van der Waals surface area contributed by atoms with Crippen molar-refractivity contribution in [2.75, 3.05) is 6.26 Å². The molecular formula is C17H17NOS2. The molecule has 2 aromatic carbocycles. The van der Waals surface area contributed by atoms with Crippen LogP contribution in [0.3, 0.4) is 0 Å². The molecule has 0 aliphatic rings. The molecule has 0 fully saturated rings. The zero-order valence-electron chi connectivity index (χ0n) is 11.9. The highest BCUT2D eigenvalue weighted by Gasteiger charge is 2.37. The van der Waals surface area contributed by atoms with Crippen LogP contribution in [-0.4, -0.2) is 10.5 Å². The summed E-state index contributed by atoms with van der Waals surface area (Å²) in [6.45, 7) is 0. The van der Waals surface area contributed by atoms with Crippen molar-refractivity contribution in [3.8, 4) is 6.07 Å². The highest BCUT2D eigenvalue weighted by molar-refractivity contribution is 8.11. The van der Waals surface area contributed by atoms with E-state index in [0.717, 1.165) is 10.5 Å². The first-order chi connectivity index (χ1) is 10.2. The van der Waals surface area contributed by atoms with E-state index < -0.39 is 14.9 Å². The molecule has 0 spiro atoms. The second-order valence-electron chi connectivity index (χ2n) is 4.65. The van der Waals surface area contributed by atoms with Crippen LogP contribution in [-0.2, 0) is 14.9 Å². The van der Waals surface area contributed by atoms with Gasteiger partial charge in [0.05, 0.1) is 6.07 Å². The molecule has 0 N–H and O–H groups in total. The molecule has 4 heteroatoms. The standard InChI is InChI=1S/C17H17NOS2/c1-21(19)17(13-8-14-18,15-9-4-2-5-10-15)20-16-11-6-3-7-12-16/h2-7,9-12H,8,13H2,1H3. The average molecular weight is 315 g/mol. The van der Waals surface area contributed by atoms with Gasteiger partial charge in [-0.15, -0.1) is 11.8 Å². The topological polar surface area (TPSA) is 40.9 Å². The molecule has 2 atom stereocenters. The van der Waals surface area contributed by atoms with Gasteiger partial charge in [0.15, 0.2) is 0 Å². The summed E-state index contributed by atoms with van der Waals surface area (Å²) in [6, 6.07) is 22.0. The maximum absolute atomic E-state index is 12.6. The van der Waals surface area contributed by atoms with Crippen LogP contribution in [0.15, 0.2) is 65.6 Å². The SMILES string of the molecule is CS(=O)C(CCC#N)(Sc1ccccc1)c1ccccc1. The molecule has 0 aliphatic carbocycles. The lowest BCUT2D eigenvalue weighted by Gasteiger charge is -2.31. The Morgan fingerprint density at radius 2 is 1.67 bits per heavy atom. The number of rotatable bonds is 6. The van der Waals surface area contributed by atoms with Gasteiger partial charge in [-0.3, -0.25) is 4.21 Å². The Hall–Kier alpha value is -1.57. The summed E-state index contributed by atoms with van der Waals surface area (Å²) in [5, 5.41) is 8.97. The van der Waals surface area contributed by atoms with Crippen molar-refractivity contribution < 1.29 is 4.21 Å². The zero-order valence-corrected chi connectivity index (χ0v) is 13.5. The molecule has 0 aromatic heterocycles. The molecule has 0 aliphatic heterocycles. The van der Waals surface area contributed by atoms with E-state index in [1.54, 1.807) is 18.0 Å². The Kier molecular flexibility index (Phi) is 5.60. The number of thioether (sulfide) groups is 1. The number of benzene rings is 2. The smallest absolute Gasteiger partial charge is 0.121 e. The Morgan fingerprint density at radius 1 is 1.10 bits per heavy atom. The van der Waals surface area contributed by atoms with Crippen LogP contribution < -0.4 is 0 Å². The molecule has 2 rings (SSSR count). The third kappa shape index (κ3) is 3.75. The second-order valence-corrected chi connectivity index (χ2v) is 7.88. The van der Waals surface area contributed by atoms with Crippen LogP contribution in [0.5, 0.6) is 0 Å². The molecule has 0 saturated carbocycles. The fourth-order valence-corrected chi connectivity index (χ4v) is 4.96. The van der Waals surface area contributed by atoms with Crippen molar-refractivity contribution in [3.63, 3.8) is 0 Å². The zero-order chi connectivity index (χ0) is 15.1. The van der Waals surface area contributed by atoms with E-state index in [-0.39, 0.29) is 0 Å². The summed E-state index contributed by atoms with van der Waals surface area (Å²) in [5.74, 6) is 0. The van der Waals surface area contributed by atoms with Gasteiger partial charge in [0.1, 0.15) is 4.08 Å². The first-order valence-electron chi connectivity index (χ1n) is 6.69. The summed E-state index contributed by atoms with van der Waals surface area (Å²) >= 11 is 1.59. The van der Waals surface area contributed by atoms with Crippen molar-refractivity contribution in [3.05, 3.63) is 66.2 Å². The van der Waals surface area contributed by atoms with Gasteiger partial charge in [-0.25, -0.2) is 0 Å². The molecule has 108 valence electrons. The maximum Gasteiger partial charge on any atom is 0.121 e. The minimum absolute atomic E-state index is 0.383. The van der Waals surface area contributed by atoms with Gasteiger partial charge in [-0.1, -0.05) is 48.5 Å². The van der Waals surface area contributed by atoms with Gasteiger partial charge in [0.25, 0.3) is 0 Å². The van der Waals surface area contributed by atoms with Gasteiger partial charge < -0.3 is 0 Å². The summed E-state index contributed by atoms with van der Waals surface area (Å²) in [7, 11) is -1.10. The monoisotopic (exact) mass is 315 g/mol. The minimum atomic E-state index is -1.10. The Morgan fingerprint density at radius 3 is 2.19 bits per heavy atom. The average Bonchev–Trinajstić information content (AvgIpc) is 2.53. The van der Waals surface area contributed by atoms with E-state index in [4.69, 9.17) is 5.26 Å². The number of hydrogen-bond donors (Lipinski definition) is 0. The quantitative estimate of drug-likeness (QED) is 0.746. The number of nitriles is 1. The van der Waals surface area contributed by atoms with Gasteiger partial charge in [0.2, 0.25) is 0 Å². The third-order valence-corrected chi connectivity index (χ3v) is 6.87. The fourth-order valence-electron chi connectivity index (χ4n) is 2.21. The van der Waals surface area contributed by atoms with Crippen molar-refractivity contribution in [2.45, 2.75) is 21.8 Å². The Labute approximate surface area is 132 Å². The molecule has 2 nitrogen and oxygen atoms in total. The second kappa shape index (κ2) is 7.44. The summed E-state index contributed by atoms with van der Waals surface area (Å²) in [6.07, 6.45) is 2.67. The Balaban J connectivity index is 2.46. The lowest BCUT2D eigenvalue weighted by molar-refractivity contribution is 0.657. The molecular weight excluding hydrogens is 298 g/mol. The van der Waals surface area contributed by atoms with Crippen molar-refractivity contribution in [1.82, 2.24) is 0 Å². The lowest BCUT2D eigenvalue weighted by atomic mass is 10.1. The summed E-state index contributed by atoms with van der Waals surface area (Å²) in [4.78, 5) is 1.06. The van der Waals surface area contributed by atoms with Gasteiger partial charge in [0, 0.05) is 28.4 Å². The normalized spacial score (nSPS) is 14.9. The van der Waals surface area contributed by atoms with Crippen LogP contribution in [0, 0.1) is 11.3 Å². The molecule has 21 heavy (non-hydrogen) atoms. The van der Waals surface area contributed by atoms with E-state index in [1.165, 1.54) is 0 Å². The third-order valence-electron chi connectivity index (χ3n) is 3.27. The van der Waals surface area contributed by atoms with Crippen LogP contribution in [0.4, 0.5) is 0 Å². The molecule has 0 heterocycles. The Bertz CT molecular complexity index is 637. The molecule has 0 amide bonds. The largest absolute Gasteiger partial charge is 0.258 e. The van der Waals surface area contributed by atoms with E-state index in [0.29, 0.717) is 12.8 Å². The van der Waals surface area contributed by atoms with Crippen molar-refractivity contribution >= 4 is 22.6 Å². The van der Waals surface area contributed by atoms with Gasteiger partial charge in [-0.2, -0.15) is 5.26 Å². The number of nitrogens with zero attached hydrogens (tertiary/aromatic N) is 1. The predicted molar refractivity (Wildman–Crippen MR) is 89.3 cm³/mol. The van der Waals surface area contributed by atoms with Crippen LogP contribution in [0.2, 0.25) is 0 Å². The van der Waals surface area contributed by atoms with E-state index in [9.17, 15) is 4.21 Å². The van der Waals surface area contributed by atoms with E-state index in [1.807, 2.05) is 60.7 Å². The predicted octanol–water partition coefficient (Wildman–Crippen LogP) is 4.31. The van der Waals surface area contributed by atoms with E-state index in [2.05, 4.69) is 6.07 Å². The fraction of sp³-hybridized carbons (Fsp3) is 0.235. The van der Waals surface area contributed by atoms with Gasteiger partial charge >= 0.3 is 0 Å². The highest BCUT2D eigenvalue weighted by atomic mass is 32.2. The van der Waals surface area contributed by atoms with Crippen molar-refractivity contribution in [2.24, 2.45) is 0 Å². The lowest BCUT2D eigenvalue weighted by Crippen LogP contribution is -2.27. The number of hydrogen-bond acceptors (Lipinski definition) is 3. The van der Waals surface area contributed by atoms with Crippen LogP contribution >= 0.6 is 11.8 Å². The maximum atomic E-state index is 12.6. The highest BCUT2D eigenvalue weighted by Crippen LogP contribution is 2.47. The van der Waals surface area contributed by atoms with E-state index >= 15 is 0 Å². The van der Waals surface area contributed by atoms with Crippen LogP contribution in [0.1, 0.15) is 18.4 Å². The molecule has 2 unspecified atom stereocenters. The van der Waals surface area contributed by atoms with Gasteiger partial charge in [-0.05, 0) is 24.1 Å². The molecule has 0 radical (unpaired) electrons. The molecule has 0 bridgehead atoms. The minimum Gasteiger partial charge on any atom is -0.258 e.